The lowest BCUT2D eigenvalue weighted by Gasteiger charge is -2.17. The van der Waals surface area contributed by atoms with Crippen molar-refractivity contribution in [3.63, 3.8) is 0 Å². The average Bonchev–Trinajstić information content (AvgIpc) is 2.92. The molecule has 1 aliphatic rings. The number of phenols is 1. The molecule has 0 radical (unpaired) electrons. The first kappa shape index (κ1) is 13.7. The number of benzene rings is 2. The third-order valence-corrected chi connectivity index (χ3v) is 4.74. The summed E-state index contributed by atoms with van der Waals surface area (Å²) in [6, 6.07) is 16.2. The zero-order valence-electron chi connectivity index (χ0n) is 11.3. The Hall–Kier alpha value is -1.32. The summed E-state index contributed by atoms with van der Waals surface area (Å²) >= 11 is 3.56. The normalized spacial score (nSPS) is 19.4. The fourth-order valence-corrected chi connectivity index (χ4v) is 3.27. The maximum Gasteiger partial charge on any atom is 0.115 e. The van der Waals surface area contributed by atoms with Crippen LogP contribution in [0.25, 0.3) is 0 Å². The van der Waals surface area contributed by atoms with E-state index in [-0.39, 0.29) is 0 Å². The van der Waals surface area contributed by atoms with Gasteiger partial charge in [-0.3, -0.25) is 4.90 Å². The number of hydrogen-bond donors (Lipinski definition) is 1. The second kappa shape index (κ2) is 5.98. The van der Waals surface area contributed by atoms with Crippen LogP contribution in [0.1, 0.15) is 23.5 Å². The molecular formula is C17H18BrNO. The highest BCUT2D eigenvalue weighted by Gasteiger charge is 2.24. The van der Waals surface area contributed by atoms with Crippen molar-refractivity contribution in [2.24, 2.45) is 0 Å². The lowest BCUT2D eigenvalue weighted by atomic mass is 9.99. The van der Waals surface area contributed by atoms with Gasteiger partial charge in [0.1, 0.15) is 5.75 Å². The summed E-state index contributed by atoms with van der Waals surface area (Å²) in [7, 11) is 0. The van der Waals surface area contributed by atoms with Gasteiger partial charge in [0.2, 0.25) is 0 Å². The van der Waals surface area contributed by atoms with Gasteiger partial charge in [0.25, 0.3) is 0 Å². The molecule has 0 spiro atoms. The van der Waals surface area contributed by atoms with E-state index in [1.165, 1.54) is 12.0 Å². The lowest BCUT2D eigenvalue weighted by molar-refractivity contribution is 0.325. The Bertz CT molecular complexity index is 585. The average molecular weight is 332 g/mol. The van der Waals surface area contributed by atoms with Gasteiger partial charge in [-0.25, -0.2) is 0 Å². The molecule has 20 heavy (non-hydrogen) atoms. The first-order valence-corrected chi connectivity index (χ1v) is 7.76. The largest absolute Gasteiger partial charge is 0.508 e. The first-order chi connectivity index (χ1) is 9.72. The fourth-order valence-electron chi connectivity index (χ4n) is 2.90. The molecule has 2 aromatic carbocycles. The molecule has 0 aromatic heterocycles. The molecule has 2 aromatic rings. The van der Waals surface area contributed by atoms with Gasteiger partial charge in [-0.15, -0.1) is 0 Å². The van der Waals surface area contributed by atoms with Crippen molar-refractivity contribution in [2.75, 3.05) is 13.1 Å². The van der Waals surface area contributed by atoms with Crippen LogP contribution in [-0.2, 0) is 6.54 Å². The standard InChI is InChI=1S/C17H18BrNO/c18-17-7-6-16(20)10-15(17)12-19-9-8-14(11-19)13-4-2-1-3-5-13/h1-7,10,14,20H,8-9,11-12H2. The van der Waals surface area contributed by atoms with E-state index < -0.39 is 0 Å². The minimum absolute atomic E-state index is 0.335. The monoisotopic (exact) mass is 331 g/mol. The molecule has 3 heteroatoms. The molecule has 0 aliphatic carbocycles. The summed E-state index contributed by atoms with van der Waals surface area (Å²) in [6.07, 6.45) is 1.21. The summed E-state index contributed by atoms with van der Waals surface area (Å²) in [6.45, 7) is 3.09. The number of aromatic hydroxyl groups is 1. The Labute approximate surface area is 128 Å². The second-order valence-corrected chi connectivity index (χ2v) is 6.26. The summed E-state index contributed by atoms with van der Waals surface area (Å²) < 4.78 is 1.07. The molecule has 1 unspecified atom stereocenters. The van der Waals surface area contributed by atoms with Crippen LogP contribution in [0.3, 0.4) is 0 Å². The highest BCUT2D eigenvalue weighted by atomic mass is 79.9. The molecule has 2 nitrogen and oxygen atoms in total. The Morgan fingerprint density at radius 1 is 1.15 bits per heavy atom. The Kier molecular flexibility index (Phi) is 4.08. The van der Waals surface area contributed by atoms with Crippen LogP contribution in [0.2, 0.25) is 0 Å². The topological polar surface area (TPSA) is 23.5 Å². The molecule has 1 N–H and O–H groups in total. The van der Waals surface area contributed by atoms with Crippen LogP contribution in [0.4, 0.5) is 0 Å². The zero-order valence-corrected chi connectivity index (χ0v) is 12.9. The van der Waals surface area contributed by atoms with Gasteiger partial charge in [0.15, 0.2) is 0 Å². The van der Waals surface area contributed by atoms with Crippen LogP contribution in [0.5, 0.6) is 5.75 Å². The Morgan fingerprint density at radius 3 is 2.75 bits per heavy atom. The quantitative estimate of drug-likeness (QED) is 0.913. The molecule has 0 saturated carbocycles. The van der Waals surface area contributed by atoms with E-state index in [0.717, 1.165) is 29.7 Å². The van der Waals surface area contributed by atoms with E-state index in [4.69, 9.17) is 0 Å². The van der Waals surface area contributed by atoms with Crippen molar-refractivity contribution in [1.29, 1.82) is 0 Å². The van der Waals surface area contributed by atoms with E-state index in [0.29, 0.717) is 11.7 Å². The second-order valence-electron chi connectivity index (χ2n) is 5.41. The third-order valence-electron chi connectivity index (χ3n) is 3.97. The molecule has 0 bridgehead atoms. The van der Waals surface area contributed by atoms with Crippen molar-refractivity contribution in [1.82, 2.24) is 4.90 Å². The van der Waals surface area contributed by atoms with Crippen molar-refractivity contribution in [2.45, 2.75) is 18.9 Å². The summed E-state index contributed by atoms with van der Waals surface area (Å²) in [5.74, 6) is 0.967. The van der Waals surface area contributed by atoms with Gasteiger partial charge in [-0.2, -0.15) is 0 Å². The van der Waals surface area contributed by atoms with Gasteiger partial charge in [-0.1, -0.05) is 46.3 Å². The number of likely N-dealkylation sites (tertiary alicyclic amines) is 1. The van der Waals surface area contributed by atoms with E-state index >= 15 is 0 Å². The molecule has 1 saturated heterocycles. The minimum Gasteiger partial charge on any atom is -0.508 e. The van der Waals surface area contributed by atoms with E-state index in [1.54, 1.807) is 6.07 Å². The summed E-state index contributed by atoms with van der Waals surface area (Å²) in [4.78, 5) is 2.46. The van der Waals surface area contributed by atoms with Gasteiger partial charge in [-0.05, 0) is 48.2 Å². The first-order valence-electron chi connectivity index (χ1n) is 6.97. The van der Waals surface area contributed by atoms with Gasteiger partial charge < -0.3 is 5.11 Å². The Balaban J connectivity index is 1.67. The predicted octanol–water partition coefficient (Wildman–Crippen LogP) is 4.14. The third kappa shape index (κ3) is 3.05. The molecule has 1 fully saturated rings. The maximum absolute atomic E-state index is 9.60. The molecule has 1 aliphatic heterocycles. The van der Waals surface area contributed by atoms with E-state index in [2.05, 4.69) is 51.2 Å². The molecule has 1 heterocycles. The molecular weight excluding hydrogens is 314 g/mol. The highest BCUT2D eigenvalue weighted by molar-refractivity contribution is 9.10. The molecule has 0 amide bonds. The molecule has 3 rings (SSSR count). The van der Waals surface area contributed by atoms with E-state index in [1.807, 2.05) is 12.1 Å². The van der Waals surface area contributed by atoms with Gasteiger partial charge in [0.05, 0.1) is 0 Å². The predicted molar refractivity (Wildman–Crippen MR) is 84.9 cm³/mol. The number of phenolic OH excluding ortho intramolecular Hbond substituents is 1. The molecule has 104 valence electrons. The number of halogens is 1. The van der Waals surface area contributed by atoms with Crippen molar-refractivity contribution >= 4 is 15.9 Å². The summed E-state index contributed by atoms with van der Waals surface area (Å²) in [5, 5.41) is 9.60. The van der Waals surface area contributed by atoms with Crippen molar-refractivity contribution in [3.8, 4) is 5.75 Å². The maximum atomic E-state index is 9.60. The Morgan fingerprint density at radius 2 is 1.95 bits per heavy atom. The molecule has 1 atom stereocenters. The fraction of sp³-hybridized carbons (Fsp3) is 0.294. The van der Waals surface area contributed by atoms with Crippen LogP contribution in [0.15, 0.2) is 53.0 Å². The van der Waals surface area contributed by atoms with Crippen LogP contribution in [-0.4, -0.2) is 23.1 Å². The van der Waals surface area contributed by atoms with Gasteiger partial charge in [0, 0.05) is 17.6 Å². The van der Waals surface area contributed by atoms with Crippen LogP contribution < -0.4 is 0 Å². The minimum atomic E-state index is 0.335. The number of rotatable bonds is 3. The van der Waals surface area contributed by atoms with E-state index in [9.17, 15) is 5.11 Å². The lowest BCUT2D eigenvalue weighted by Crippen LogP contribution is -2.20. The number of hydrogen-bond acceptors (Lipinski definition) is 2. The smallest absolute Gasteiger partial charge is 0.115 e. The van der Waals surface area contributed by atoms with Crippen molar-refractivity contribution < 1.29 is 5.11 Å². The SMILES string of the molecule is Oc1ccc(Br)c(CN2CCC(c3ccccc3)C2)c1. The summed E-state index contributed by atoms with van der Waals surface area (Å²) in [5.41, 5.74) is 2.59. The van der Waals surface area contributed by atoms with Crippen molar-refractivity contribution in [3.05, 3.63) is 64.1 Å². The number of nitrogens with zero attached hydrogens (tertiary/aromatic N) is 1. The van der Waals surface area contributed by atoms with Crippen LogP contribution in [0, 0.1) is 0 Å². The van der Waals surface area contributed by atoms with Crippen LogP contribution >= 0.6 is 15.9 Å². The van der Waals surface area contributed by atoms with Gasteiger partial charge >= 0.3 is 0 Å². The zero-order chi connectivity index (χ0) is 13.9. The highest BCUT2D eigenvalue weighted by Crippen LogP contribution is 2.30.